The topological polar surface area (TPSA) is 70.2 Å². The minimum absolute atomic E-state index is 0.126. The standard InChI is InChI=1S/C8H11N3O3/c12-11(13)7-4-5-10(9-7)8-3-1-2-6-14-8/h4-5,8H,1-3,6H2. The van der Waals surface area contributed by atoms with Gasteiger partial charge in [0, 0.05) is 6.61 Å². The molecule has 0 amide bonds. The third-order valence-electron chi connectivity index (χ3n) is 2.23. The minimum Gasteiger partial charge on any atom is -0.358 e. The summed E-state index contributed by atoms with van der Waals surface area (Å²) in [5.74, 6) is -0.126. The minimum atomic E-state index is -0.501. The molecule has 0 bridgehead atoms. The third-order valence-corrected chi connectivity index (χ3v) is 2.23. The Morgan fingerprint density at radius 2 is 2.50 bits per heavy atom. The fourth-order valence-corrected chi connectivity index (χ4v) is 1.52. The van der Waals surface area contributed by atoms with Gasteiger partial charge in [0.15, 0.2) is 6.23 Å². The highest BCUT2D eigenvalue weighted by atomic mass is 16.6. The van der Waals surface area contributed by atoms with Gasteiger partial charge >= 0.3 is 5.82 Å². The van der Waals surface area contributed by atoms with Gasteiger partial charge in [0.2, 0.25) is 0 Å². The van der Waals surface area contributed by atoms with Crippen molar-refractivity contribution in [1.29, 1.82) is 0 Å². The molecule has 1 aliphatic heterocycles. The van der Waals surface area contributed by atoms with Crippen LogP contribution in [0.2, 0.25) is 0 Å². The van der Waals surface area contributed by atoms with Crippen LogP contribution in [-0.2, 0) is 4.74 Å². The van der Waals surface area contributed by atoms with E-state index < -0.39 is 4.92 Å². The summed E-state index contributed by atoms with van der Waals surface area (Å²) in [6.45, 7) is 0.707. The average Bonchev–Trinajstić information content (AvgIpc) is 2.68. The molecule has 6 nitrogen and oxygen atoms in total. The summed E-state index contributed by atoms with van der Waals surface area (Å²) in [6, 6.07) is 1.39. The molecular formula is C8H11N3O3. The second-order valence-electron chi connectivity index (χ2n) is 3.23. The average molecular weight is 197 g/mol. The van der Waals surface area contributed by atoms with Crippen LogP contribution in [0.1, 0.15) is 25.5 Å². The van der Waals surface area contributed by atoms with Crippen LogP contribution in [0.25, 0.3) is 0 Å². The number of aromatic nitrogens is 2. The molecule has 0 N–H and O–H groups in total. The number of ether oxygens (including phenoxy) is 1. The Labute approximate surface area is 80.6 Å². The highest BCUT2D eigenvalue weighted by Crippen LogP contribution is 2.22. The van der Waals surface area contributed by atoms with Crippen molar-refractivity contribution in [3.63, 3.8) is 0 Å². The number of nitro groups is 1. The van der Waals surface area contributed by atoms with E-state index in [1.54, 1.807) is 6.20 Å². The van der Waals surface area contributed by atoms with Crippen LogP contribution in [0, 0.1) is 10.1 Å². The molecule has 0 radical (unpaired) electrons. The molecule has 1 atom stereocenters. The van der Waals surface area contributed by atoms with Crippen LogP contribution in [0.4, 0.5) is 5.82 Å². The van der Waals surface area contributed by atoms with E-state index >= 15 is 0 Å². The van der Waals surface area contributed by atoms with Gasteiger partial charge < -0.3 is 14.9 Å². The van der Waals surface area contributed by atoms with Crippen LogP contribution in [0.5, 0.6) is 0 Å². The van der Waals surface area contributed by atoms with Crippen molar-refractivity contribution in [1.82, 2.24) is 9.78 Å². The molecule has 2 rings (SSSR count). The molecule has 6 heteroatoms. The van der Waals surface area contributed by atoms with Crippen LogP contribution in [0.3, 0.4) is 0 Å². The van der Waals surface area contributed by atoms with Crippen molar-refractivity contribution in [2.45, 2.75) is 25.5 Å². The van der Waals surface area contributed by atoms with Gasteiger partial charge in [0.05, 0.1) is 17.4 Å². The van der Waals surface area contributed by atoms with Crippen LogP contribution in [-0.4, -0.2) is 21.3 Å². The van der Waals surface area contributed by atoms with E-state index in [9.17, 15) is 10.1 Å². The predicted molar refractivity (Wildman–Crippen MR) is 47.7 cm³/mol. The predicted octanol–water partition coefficient (Wildman–Crippen LogP) is 1.49. The Morgan fingerprint density at radius 1 is 1.64 bits per heavy atom. The second kappa shape index (κ2) is 3.75. The largest absolute Gasteiger partial charge is 0.390 e. The molecular weight excluding hydrogens is 186 g/mol. The van der Waals surface area contributed by atoms with Crippen molar-refractivity contribution >= 4 is 5.82 Å². The molecule has 0 aromatic carbocycles. The summed E-state index contributed by atoms with van der Waals surface area (Å²) < 4.78 is 6.96. The molecule has 1 aromatic heterocycles. The number of rotatable bonds is 2. The van der Waals surface area contributed by atoms with E-state index in [0.29, 0.717) is 6.61 Å². The van der Waals surface area contributed by atoms with Gasteiger partial charge in [-0.1, -0.05) is 0 Å². The molecule has 2 heterocycles. The van der Waals surface area contributed by atoms with Gasteiger partial charge in [-0.25, -0.2) is 0 Å². The highest BCUT2D eigenvalue weighted by molar-refractivity contribution is 5.14. The van der Waals surface area contributed by atoms with E-state index in [1.165, 1.54) is 10.7 Å². The maximum Gasteiger partial charge on any atom is 0.390 e. The fourth-order valence-electron chi connectivity index (χ4n) is 1.52. The van der Waals surface area contributed by atoms with Crippen molar-refractivity contribution in [3.8, 4) is 0 Å². The van der Waals surface area contributed by atoms with Crippen molar-refractivity contribution in [2.75, 3.05) is 6.61 Å². The molecule has 0 spiro atoms. The van der Waals surface area contributed by atoms with E-state index in [2.05, 4.69) is 5.10 Å². The molecule has 1 saturated heterocycles. The zero-order chi connectivity index (χ0) is 9.97. The van der Waals surface area contributed by atoms with Gasteiger partial charge in [0.25, 0.3) is 0 Å². The van der Waals surface area contributed by atoms with Gasteiger partial charge in [-0.3, -0.25) is 0 Å². The Balaban J connectivity index is 2.11. The molecule has 0 saturated carbocycles. The number of hydrogen-bond donors (Lipinski definition) is 0. The van der Waals surface area contributed by atoms with E-state index in [1.807, 2.05) is 0 Å². The van der Waals surface area contributed by atoms with Crippen molar-refractivity contribution in [2.24, 2.45) is 0 Å². The van der Waals surface area contributed by atoms with Crippen LogP contribution in [0.15, 0.2) is 12.3 Å². The van der Waals surface area contributed by atoms with E-state index in [-0.39, 0.29) is 12.0 Å². The summed E-state index contributed by atoms with van der Waals surface area (Å²) >= 11 is 0. The van der Waals surface area contributed by atoms with Gasteiger partial charge in [-0.05, 0) is 24.2 Å². The Morgan fingerprint density at radius 3 is 3.07 bits per heavy atom. The Hall–Kier alpha value is -1.43. The zero-order valence-electron chi connectivity index (χ0n) is 7.63. The molecule has 1 fully saturated rings. The molecule has 0 aliphatic carbocycles. The first-order valence-electron chi connectivity index (χ1n) is 4.58. The summed E-state index contributed by atoms with van der Waals surface area (Å²) in [5.41, 5.74) is 0. The van der Waals surface area contributed by atoms with E-state index in [4.69, 9.17) is 4.74 Å². The summed E-state index contributed by atoms with van der Waals surface area (Å²) in [7, 11) is 0. The summed E-state index contributed by atoms with van der Waals surface area (Å²) in [5, 5.41) is 14.2. The normalized spacial score (nSPS) is 22.1. The van der Waals surface area contributed by atoms with Gasteiger partial charge in [-0.15, -0.1) is 0 Å². The summed E-state index contributed by atoms with van der Waals surface area (Å²) in [6.07, 6.45) is 4.47. The number of hydrogen-bond acceptors (Lipinski definition) is 4. The SMILES string of the molecule is O=[N+]([O-])c1ccn(C2CCCCO2)n1. The lowest BCUT2D eigenvalue weighted by molar-refractivity contribution is -0.390. The molecule has 1 aromatic rings. The van der Waals surface area contributed by atoms with Gasteiger partial charge in [0.1, 0.15) is 0 Å². The molecule has 1 aliphatic rings. The fraction of sp³-hybridized carbons (Fsp3) is 0.625. The van der Waals surface area contributed by atoms with Gasteiger partial charge in [-0.2, -0.15) is 4.68 Å². The lowest BCUT2D eigenvalue weighted by Gasteiger charge is -2.20. The van der Waals surface area contributed by atoms with Crippen LogP contribution >= 0.6 is 0 Å². The maximum atomic E-state index is 10.4. The Kier molecular flexibility index (Phi) is 2.45. The second-order valence-corrected chi connectivity index (χ2v) is 3.23. The zero-order valence-corrected chi connectivity index (χ0v) is 7.63. The first kappa shape index (κ1) is 9.14. The molecule has 1 unspecified atom stereocenters. The highest BCUT2D eigenvalue weighted by Gasteiger charge is 2.21. The summed E-state index contributed by atoms with van der Waals surface area (Å²) in [4.78, 5) is 9.89. The third kappa shape index (κ3) is 1.74. The molecule has 14 heavy (non-hydrogen) atoms. The smallest absolute Gasteiger partial charge is 0.358 e. The quantitative estimate of drug-likeness (QED) is 0.532. The Bertz CT molecular complexity index is 330. The monoisotopic (exact) mass is 197 g/mol. The van der Waals surface area contributed by atoms with Crippen molar-refractivity contribution < 1.29 is 9.66 Å². The first-order chi connectivity index (χ1) is 6.77. The molecule has 76 valence electrons. The van der Waals surface area contributed by atoms with E-state index in [0.717, 1.165) is 19.3 Å². The van der Waals surface area contributed by atoms with Crippen molar-refractivity contribution in [3.05, 3.63) is 22.4 Å². The first-order valence-corrected chi connectivity index (χ1v) is 4.58. The van der Waals surface area contributed by atoms with Crippen LogP contribution < -0.4 is 0 Å². The lowest BCUT2D eigenvalue weighted by Crippen LogP contribution is -2.18. The number of nitrogens with zero attached hydrogens (tertiary/aromatic N) is 3. The lowest BCUT2D eigenvalue weighted by atomic mass is 10.2. The maximum absolute atomic E-state index is 10.4.